The predicted octanol–water partition coefficient (Wildman–Crippen LogP) is 1.48. The van der Waals surface area contributed by atoms with E-state index in [0.717, 1.165) is 36.1 Å². The van der Waals surface area contributed by atoms with Crippen molar-refractivity contribution in [3.05, 3.63) is 35.8 Å². The van der Waals surface area contributed by atoms with Gasteiger partial charge in [0, 0.05) is 44.2 Å². The standard InChI is InChI=1S/C12H17N5/c1-9-8-11(16-10(2)15-9)13-5-4-12-14-6-7-17(12)3/h6-8H,4-5H2,1-3H3,(H,13,15,16). The molecule has 90 valence electrons. The summed E-state index contributed by atoms with van der Waals surface area (Å²) in [4.78, 5) is 12.8. The molecule has 2 rings (SSSR count). The monoisotopic (exact) mass is 231 g/mol. The molecule has 0 spiro atoms. The summed E-state index contributed by atoms with van der Waals surface area (Å²) in [6.07, 6.45) is 4.65. The molecule has 1 N–H and O–H groups in total. The van der Waals surface area contributed by atoms with Crippen LogP contribution < -0.4 is 5.32 Å². The van der Waals surface area contributed by atoms with Crippen LogP contribution in [0.4, 0.5) is 5.82 Å². The second-order valence-electron chi connectivity index (χ2n) is 4.07. The maximum absolute atomic E-state index is 4.33. The highest BCUT2D eigenvalue weighted by Gasteiger charge is 2.01. The Morgan fingerprint density at radius 2 is 2.12 bits per heavy atom. The second-order valence-corrected chi connectivity index (χ2v) is 4.07. The van der Waals surface area contributed by atoms with Crippen molar-refractivity contribution in [2.45, 2.75) is 20.3 Å². The van der Waals surface area contributed by atoms with Crippen molar-refractivity contribution < 1.29 is 0 Å². The lowest BCUT2D eigenvalue weighted by molar-refractivity contribution is 0.787. The number of aromatic nitrogens is 4. The van der Waals surface area contributed by atoms with Crippen LogP contribution in [0.5, 0.6) is 0 Å². The first kappa shape index (κ1) is 11.6. The van der Waals surface area contributed by atoms with E-state index in [1.54, 1.807) is 0 Å². The lowest BCUT2D eigenvalue weighted by Crippen LogP contribution is -2.10. The maximum atomic E-state index is 4.33. The Labute approximate surface area is 101 Å². The molecular weight excluding hydrogens is 214 g/mol. The quantitative estimate of drug-likeness (QED) is 0.866. The van der Waals surface area contributed by atoms with Crippen LogP contribution >= 0.6 is 0 Å². The molecule has 0 saturated carbocycles. The third kappa shape index (κ3) is 3.03. The van der Waals surface area contributed by atoms with Crippen LogP contribution in [0.1, 0.15) is 17.3 Å². The lowest BCUT2D eigenvalue weighted by Gasteiger charge is -2.07. The smallest absolute Gasteiger partial charge is 0.129 e. The highest BCUT2D eigenvalue weighted by atomic mass is 15.1. The average molecular weight is 231 g/mol. The Balaban J connectivity index is 1.92. The summed E-state index contributed by atoms with van der Waals surface area (Å²) >= 11 is 0. The van der Waals surface area contributed by atoms with Gasteiger partial charge in [-0.15, -0.1) is 0 Å². The number of nitrogens with zero attached hydrogens (tertiary/aromatic N) is 4. The summed E-state index contributed by atoms with van der Waals surface area (Å²) in [6, 6.07) is 1.95. The lowest BCUT2D eigenvalue weighted by atomic mass is 10.3. The Morgan fingerprint density at radius 3 is 2.76 bits per heavy atom. The van der Waals surface area contributed by atoms with Gasteiger partial charge in [-0.3, -0.25) is 0 Å². The number of hydrogen-bond acceptors (Lipinski definition) is 4. The summed E-state index contributed by atoms with van der Waals surface area (Å²) in [5, 5.41) is 3.29. The van der Waals surface area contributed by atoms with E-state index in [2.05, 4.69) is 20.3 Å². The fourth-order valence-electron chi connectivity index (χ4n) is 1.75. The van der Waals surface area contributed by atoms with Crippen LogP contribution in [-0.4, -0.2) is 26.1 Å². The van der Waals surface area contributed by atoms with Gasteiger partial charge in [0.15, 0.2) is 0 Å². The number of rotatable bonds is 4. The molecule has 17 heavy (non-hydrogen) atoms. The van der Waals surface area contributed by atoms with Crippen molar-refractivity contribution in [1.82, 2.24) is 19.5 Å². The van der Waals surface area contributed by atoms with Crippen LogP contribution in [0.15, 0.2) is 18.5 Å². The zero-order valence-corrected chi connectivity index (χ0v) is 10.4. The minimum absolute atomic E-state index is 0.796. The zero-order valence-electron chi connectivity index (χ0n) is 10.4. The Hall–Kier alpha value is -1.91. The van der Waals surface area contributed by atoms with Crippen LogP contribution in [-0.2, 0) is 13.5 Å². The number of imidazole rings is 1. The summed E-state index contributed by atoms with van der Waals surface area (Å²) < 4.78 is 2.03. The summed E-state index contributed by atoms with van der Waals surface area (Å²) in [5.74, 6) is 2.74. The van der Waals surface area contributed by atoms with Crippen molar-refractivity contribution in [3.8, 4) is 0 Å². The molecule has 0 saturated heterocycles. The van der Waals surface area contributed by atoms with Crippen LogP contribution in [0.3, 0.4) is 0 Å². The first-order valence-electron chi connectivity index (χ1n) is 5.67. The third-order valence-corrected chi connectivity index (χ3v) is 2.54. The summed E-state index contributed by atoms with van der Waals surface area (Å²) in [7, 11) is 2.00. The molecule has 2 aromatic rings. The van der Waals surface area contributed by atoms with E-state index in [4.69, 9.17) is 0 Å². The topological polar surface area (TPSA) is 55.6 Å². The second kappa shape index (κ2) is 4.95. The van der Waals surface area contributed by atoms with Crippen LogP contribution in [0.25, 0.3) is 0 Å². The van der Waals surface area contributed by atoms with Crippen molar-refractivity contribution in [2.24, 2.45) is 7.05 Å². The maximum Gasteiger partial charge on any atom is 0.129 e. The van der Waals surface area contributed by atoms with Crippen molar-refractivity contribution in [1.29, 1.82) is 0 Å². The van der Waals surface area contributed by atoms with Gasteiger partial charge in [-0.25, -0.2) is 15.0 Å². The van der Waals surface area contributed by atoms with Crippen molar-refractivity contribution >= 4 is 5.82 Å². The van der Waals surface area contributed by atoms with Gasteiger partial charge < -0.3 is 9.88 Å². The third-order valence-electron chi connectivity index (χ3n) is 2.54. The van der Waals surface area contributed by atoms with E-state index in [0.29, 0.717) is 0 Å². The van der Waals surface area contributed by atoms with E-state index >= 15 is 0 Å². The van der Waals surface area contributed by atoms with Crippen molar-refractivity contribution in [2.75, 3.05) is 11.9 Å². The minimum Gasteiger partial charge on any atom is -0.370 e. The molecule has 2 heterocycles. The molecule has 5 nitrogen and oxygen atoms in total. The number of hydrogen-bond donors (Lipinski definition) is 1. The Morgan fingerprint density at radius 1 is 1.29 bits per heavy atom. The van der Waals surface area contributed by atoms with Gasteiger partial charge >= 0.3 is 0 Å². The van der Waals surface area contributed by atoms with Crippen LogP contribution in [0, 0.1) is 13.8 Å². The summed E-state index contributed by atoms with van der Waals surface area (Å²) in [5.41, 5.74) is 0.983. The SMILES string of the molecule is Cc1cc(NCCc2nccn2C)nc(C)n1. The van der Waals surface area contributed by atoms with Gasteiger partial charge in [0.2, 0.25) is 0 Å². The number of nitrogens with one attached hydrogen (secondary N) is 1. The van der Waals surface area contributed by atoms with Gasteiger partial charge in [-0.05, 0) is 13.8 Å². The summed E-state index contributed by atoms with van der Waals surface area (Å²) in [6.45, 7) is 4.69. The predicted molar refractivity (Wildman–Crippen MR) is 66.9 cm³/mol. The Kier molecular flexibility index (Phi) is 3.37. The molecule has 0 aliphatic carbocycles. The van der Waals surface area contributed by atoms with E-state index in [1.165, 1.54) is 0 Å². The fourth-order valence-corrected chi connectivity index (χ4v) is 1.75. The molecule has 0 bridgehead atoms. The molecule has 0 aliphatic rings. The van der Waals surface area contributed by atoms with Gasteiger partial charge in [0.05, 0.1) is 0 Å². The molecule has 5 heteroatoms. The van der Waals surface area contributed by atoms with Gasteiger partial charge in [0.1, 0.15) is 17.5 Å². The highest BCUT2D eigenvalue weighted by molar-refractivity contribution is 5.35. The normalized spacial score (nSPS) is 10.5. The molecule has 0 unspecified atom stereocenters. The van der Waals surface area contributed by atoms with Crippen molar-refractivity contribution in [3.63, 3.8) is 0 Å². The van der Waals surface area contributed by atoms with E-state index < -0.39 is 0 Å². The molecule has 0 atom stereocenters. The largest absolute Gasteiger partial charge is 0.370 e. The van der Waals surface area contributed by atoms with Gasteiger partial charge in [-0.2, -0.15) is 0 Å². The highest BCUT2D eigenvalue weighted by Crippen LogP contribution is 2.05. The van der Waals surface area contributed by atoms with E-state index in [-0.39, 0.29) is 0 Å². The fraction of sp³-hybridized carbons (Fsp3) is 0.417. The minimum atomic E-state index is 0.796. The first-order chi connectivity index (χ1) is 8.15. The molecule has 0 fully saturated rings. The molecule has 0 amide bonds. The zero-order chi connectivity index (χ0) is 12.3. The van der Waals surface area contributed by atoms with E-state index in [9.17, 15) is 0 Å². The van der Waals surface area contributed by atoms with E-state index in [1.807, 2.05) is 43.9 Å². The number of aryl methyl sites for hydroxylation is 3. The molecule has 2 aromatic heterocycles. The van der Waals surface area contributed by atoms with Gasteiger partial charge in [-0.1, -0.05) is 0 Å². The Bertz CT molecular complexity index is 483. The first-order valence-corrected chi connectivity index (χ1v) is 5.67. The molecule has 0 radical (unpaired) electrons. The average Bonchev–Trinajstić information content (AvgIpc) is 2.63. The number of anilines is 1. The molecular formula is C12H17N5. The molecule has 0 aromatic carbocycles. The molecule has 0 aliphatic heterocycles. The van der Waals surface area contributed by atoms with Crippen LogP contribution in [0.2, 0.25) is 0 Å². The van der Waals surface area contributed by atoms with Gasteiger partial charge in [0.25, 0.3) is 0 Å².